The van der Waals surface area contributed by atoms with Gasteiger partial charge in [-0.2, -0.15) is 0 Å². The van der Waals surface area contributed by atoms with Crippen LogP contribution in [-0.4, -0.2) is 18.0 Å². The number of rotatable bonds is 3. The predicted molar refractivity (Wildman–Crippen MR) is 70.5 cm³/mol. The standard InChI is InChI=1S/C12H17BrN2O/c1-12(2,3)14-8-11(16)15-10-6-4-9(13)5-7-10/h4-7,14H,8H2,1-3H3,(H,15,16). The Hall–Kier alpha value is -0.870. The van der Waals surface area contributed by atoms with E-state index in [0.717, 1.165) is 10.2 Å². The number of anilines is 1. The zero-order valence-electron chi connectivity index (χ0n) is 9.80. The summed E-state index contributed by atoms with van der Waals surface area (Å²) in [5, 5.41) is 5.95. The fourth-order valence-corrected chi connectivity index (χ4v) is 1.35. The third kappa shape index (κ3) is 5.28. The highest BCUT2D eigenvalue weighted by Gasteiger charge is 2.11. The molecule has 16 heavy (non-hydrogen) atoms. The van der Waals surface area contributed by atoms with Gasteiger partial charge in [-0.3, -0.25) is 4.79 Å². The van der Waals surface area contributed by atoms with E-state index < -0.39 is 0 Å². The first-order chi connectivity index (χ1) is 7.37. The summed E-state index contributed by atoms with van der Waals surface area (Å²) < 4.78 is 0.998. The van der Waals surface area contributed by atoms with Crippen LogP contribution in [-0.2, 0) is 4.79 Å². The molecule has 2 N–H and O–H groups in total. The Bertz CT molecular complexity index is 354. The second kappa shape index (κ2) is 5.46. The largest absolute Gasteiger partial charge is 0.325 e. The highest BCUT2D eigenvalue weighted by atomic mass is 79.9. The Labute approximate surface area is 105 Å². The summed E-state index contributed by atoms with van der Waals surface area (Å²) in [6, 6.07) is 7.51. The summed E-state index contributed by atoms with van der Waals surface area (Å²) in [5.74, 6) is -0.0303. The number of benzene rings is 1. The van der Waals surface area contributed by atoms with Gasteiger partial charge in [0.2, 0.25) is 5.91 Å². The predicted octanol–water partition coefficient (Wildman–Crippen LogP) is 2.78. The Kier molecular flexibility index (Phi) is 4.50. The zero-order chi connectivity index (χ0) is 12.2. The molecule has 88 valence electrons. The number of carbonyl (C=O) groups is 1. The molecule has 0 bridgehead atoms. The van der Waals surface area contributed by atoms with Crippen LogP contribution in [0.3, 0.4) is 0 Å². The summed E-state index contributed by atoms with van der Waals surface area (Å²) in [6.45, 7) is 6.40. The second-order valence-corrected chi connectivity index (χ2v) is 5.57. The minimum absolute atomic E-state index is 0.0303. The van der Waals surface area contributed by atoms with Crippen LogP contribution in [0.2, 0.25) is 0 Å². The highest BCUT2D eigenvalue weighted by Crippen LogP contribution is 2.13. The van der Waals surface area contributed by atoms with E-state index in [-0.39, 0.29) is 11.4 Å². The molecule has 0 atom stereocenters. The van der Waals surface area contributed by atoms with Gasteiger partial charge in [-0.1, -0.05) is 15.9 Å². The molecule has 0 unspecified atom stereocenters. The summed E-state index contributed by atoms with van der Waals surface area (Å²) >= 11 is 3.34. The van der Waals surface area contributed by atoms with Crippen molar-refractivity contribution in [3.63, 3.8) is 0 Å². The van der Waals surface area contributed by atoms with Crippen LogP contribution in [0.15, 0.2) is 28.7 Å². The quantitative estimate of drug-likeness (QED) is 0.896. The topological polar surface area (TPSA) is 41.1 Å². The zero-order valence-corrected chi connectivity index (χ0v) is 11.4. The Morgan fingerprint density at radius 3 is 2.31 bits per heavy atom. The van der Waals surface area contributed by atoms with Gasteiger partial charge in [0.15, 0.2) is 0 Å². The van der Waals surface area contributed by atoms with Crippen molar-refractivity contribution < 1.29 is 4.79 Å². The molecular formula is C12H17BrN2O. The van der Waals surface area contributed by atoms with Crippen molar-refractivity contribution in [1.82, 2.24) is 5.32 Å². The molecule has 0 heterocycles. The van der Waals surface area contributed by atoms with Crippen LogP contribution in [0.1, 0.15) is 20.8 Å². The van der Waals surface area contributed by atoms with Gasteiger partial charge in [-0.05, 0) is 45.0 Å². The molecule has 1 rings (SSSR count). The third-order valence-electron chi connectivity index (χ3n) is 1.91. The lowest BCUT2D eigenvalue weighted by atomic mass is 10.1. The van der Waals surface area contributed by atoms with E-state index in [1.54, 1.807) is 0 Å². The van der Waals surface area contributed by atoms with Crippen molar-refractivity contribution in [2.45, 2.75) is 26.3 Å². The number of carbonyl (C=O) groups excluding carboxylic acids is 1. The first kappa shape index (κ1) is 13.2. The molecule has 0 radical (unpaired) electrons. The van der Waals surface area contributed by atoms with Crippen LogP contribution in [0.25, 0.3) is 0 Å². The van der Waals surface area contributed by atoms with E-state index >= 15 is 0 Å². The number of halogens is 1. The first-order valence-electron chi connectivity index (χ1n) is 5.17. The molecule has 0 aliphatic heterocycles. The Morgan fingerprint density at radius 1 is 1.25 bits per heavy atom. The fraction of sp³-hybridized carbons (Fsp3) is 0.417. The van der Waals surface area contributed by atoms with Crippen LogP contribution in [0.5, 0.6) is 0 Å². The van der Waals surface area contributed by atoms with E-state index in [1.807, 2.05) is 45.0 Å². The average Bonchev–Trinajstić information content (AvgIpc) is 2.18. The maximum absolute atomic E-state index is 11.6. The van der Waals surface area contributed by atoms with Gasteiger partial charge in [0.25, 0.3) is 0 Å². The molecular weight excluding hydrogens is 268 g/mol. The molecule has 0 saturated heterocycles. The summed E-state index contributed by atoms with van der Waals surface area (Å²) in [7, 11) is 0. The van der Waals surface area contributed by atoms with E-state index in [1.165, 1.54) is 0 Å². The Morgan fingerprint density at radius 2 is 1.81 bits per heavy atom. The number of amides is 1. The van der Waals surface area contributed by atoms with Gasteiger partial charge >= 0.3 is 0 Å². The molecule has 1 aromatic rings. The van der Waals surface area contributed by atoms with Gasteiger partial charge in [-0.25, -0.2) is 0 Å². The van der Waals surface area contributed by atoms with Crippen molar-refractivity contribution in [2.24, 2.45) is 0 Å². The number of hydrogen-bond acceptors (Lipinski definition) is 2. The molecule has 0 fully saturated rings. The smallest absolute Gasteiger partial charge is 0.238 e. The summed E-state index contributed by atoms with van der Waals surface area (Å²) in [5.41, 5.74) is 0.765. The monoisotopic (exact) mass is 284 g/mol. The maximum Gasteiger partial charge on any atom is 0.238 e. The summed E-state index contributed by atoms with van der Waals surface area (Å²) in [4.78, 5) is 11.6. The second-order valence-electron chi connectivity index (χ2n) is 4.66. The lowest BCUT2D eigenvalue weighted by Gasteiger charge is -2.20. The van der Waals surface area contributed by atoms with E-state index in [0.29, 0.717) is 6.54 Å². The van der Waals surface area contributed by atoms with E-state index in [4.69, 9.17) is 0 Å². The number of nitrogens with one attached hydrogen (secondary N) is 2. The third-order valence-corrected chi connectivity index (χ3v) is 2.44. The molecule has 0 saturated carbocycles. The van der Waals surface area contributed by atoms with E-state index in [2.05, 4.69) is 26.6 Å². The first-order valence-corrected chi connectivity index (χ1v) is 5.96. The van der Waals surface area contributed by atoms with Crippen LogP contribution >= 0.6 is 15.9 Å². The average molecular weight is 285 g/mol. The molecule has 0 spiro atoms. The van der Waals surface area contributed by atoms with Gasteiger partial charge in [0.05, 0.1) is 6.54 Å². The van der Waals surface area contributed by atoms with Crippen molar-refractivity contribution >= 4 is 27.5 Å². The fourth-order valence-electron chi connectivity index (χ4n) is 1.08. The summed E-state index contributed by atoms with van der Waals surface area (Å²) in [6.07, 6.45) is 0. The van der Waals surface area contributed by atoms with Crippen LogP contribution in [0.4, 0.5) is 5.69 Å². The minimum atomic E-state index is -0.0446. The van der Waals surface area contributed by atoms with Gasteiger partial charge < -0.3 is 10.6 Å². The lowest BCUT2D eigenvalue weighted by molar-refractivity contribution is -0.115. The SMILES string of the molecule is CC(C)(C)NCC(=O)Nc1ccc(Br)cc1. The normalized spacial score (nSPS) is 11.2. The molecule has 1 aromatic carbocycles. The minimum Gasteiger partial charge on any atom is -0.325 e. The Balaban J connectivity index is 2.43. The molecule has 4 heteroatoms. The molecule has 0 aromatic heterocycles. The highest BCUT2D eigenvalue weighted by molar-refractivity contribution is 9.10. The van der Waals surface area contributed by atoms with Crippen molar-refractivity contribution in [3.05, 3.63) is 28.7 Å². The van der Waals surface area contributed by atoms with Gasteiger partial charge in [-0.15, -0.1) is 0 Å². The lowest BCUT2D eigenvalue weighted by Crippen LogP contribution is -2.41. The molecule has 0 aliphatic rings. The number of hydrogen-bond donors (Lipinski definition) is 2. The molecule has 0 aliphatic carbocycles. The van der Waals surface area contributed by atoms with E-state index in [9.17, 15) is 4.79 Å². The van der Waals surface area contributed by atoms with Gasteiger partial charge in [0.1, 0.15) is 0 Å². The van der Waals surface area contributed by atoms with Crippen LogP contribution in [0, 0.1) is 0 Å². The maximum atomic E-state index is 11.6. The van der Waals surface area contributed by atoms with Crippen molar-refractivity contribution in [3.8, 4) is 0 Å². The van der Waals surface area contributed by atoms with Crippen LogP contribution < -0.4 is 10.6 Å². The van der Waals surface area contributed by atoms with Gasteiger partial charge in [0, 0.05) is 15.7 Å². The molecule has 3 nitrogen and oxygen atoms in total. The van der Waals surface area contributed by atoms with Crippen molar-refractivity contribution in [2.75, 3.05) is 11.9 Å². The molecule has 1 amide bonds. The van der Waals surface area contributed by atoms with Crippen molar-refractivity contribution in [1.29, 1.82) is 0 Å².